The standard InChI is InChI=1S/C13H11ClN2O2/c1-8-6-9(17)2-3-12(8)16-13(18)10-7-15-5-4-11(10)14/h2-7,17H,1H3,(H,16,18). The maximum Gasteiger partial charge on any atom is 0.258 e. The molecule has 1 aromatic carbocycles. The first-order valence-corrected chi connectivity index (χ1v) is 5.66. The molecule has 0 aliphatic carbocycles. The van der Waals surface area contributed by atoms with Crippen LogP contribution in [0.15, 0.2) is 36.7 Å². The fourth-order valence-electron chi connectivity index (χ4n) is 1.52. The van der Waals surface area contributed by atoms with E-state index in [1.807, 2.05) is 0 Å². The minimum Gasteiger partial charge on any atom is -0.508 e. The van der Waals surface area contributed by atoms with E-state index >= 15 is 0 Å². The number of phenolic OH excluding ortho intramolecular Hbond substituents is 1. The van der Waals surface area contributed by atoms with Crippen LogP contribution in [0.2, 0.25) is 5.02 Å². The van der Waals surface area contributed by atoms with Crippen molar-refractivity contribution >= 4 is 23.2 Å². The zero-order valence-corrected chi connectivity index (χ0v) is 10.4. The van der Waals surface area contributed by atoms with E-state index in [1.165, 1.54) is 18.5 Å². The Hall–Kier alpha value is -2.07. The van der Waals surface area contributed by atoms with Crippen LogP contribution in [0.25, 0.3) is 0 Å². The van der Waals surface area contributed by atoms with E-state index in [2.05, 4.69) is 10.3 Å². The smallest absolute Gasteiger partial charge is 0.258 e. The third-order valence-corrected chi connectivity index (χ3v) is 2.80. The summed E-state index contributed by atoms with van der Waals surface area (Å²) in [5, 5.41) is 12.4. The Morgan fingerprint density at radius 3 is 2.83 bits per heavy atom. The first kappa shape index (κ1) is 12.4. The maximum atomic E-state index is 12.0. The van der Waals surface area contributed by atoms with Crippen molar-refractivity contribution in [3.63, 3.8) is 0 Å². The molecule has 2 aromatic rings. The molecule has 5 heteroatoms. The first-order chi connectivity index (χ1) is 8.58. The number of nitrogens with zero attached hydrogens (tertiary/aromatic N) is 1. The van der Waals surface area contributed by atoms with Crippen molar-refractivity contribution in [3.05, 3.63) is 52.8 Å². The van der Waals surface area contributed by atoms with E-state index in [0.717, 1.165) is 5.56 Å². The van der Waals surface area contributed by atoms with Gasteiger partial charge in [0.05, 0.1) is 10.6 Å². The Bertz CT molecular complexity index is 599. The second kappa shape index (κ2) is 5.06. The van der Waals surface area contributed by atoms with Gasteiger partial charge in [-0.15, -0.1) is 0 Å². The Labute approximate surface area is 109 Å². The third-order valence-electron chi connectivity index (χ3n) is 2.47. The Balaban J connectivity index is 2.24. The molecule has 0 aliphatic rings. The van der Waals surface area contributed by atoms with Crippen LogP contribution in [-0.4, -0.2) is 16.0 Å². The van der Waals surface area contributed by atoms with Crippen LogP contribution >= 0.6 is 11.6 Å². The molecule has 92 valence electrons. The molecular formula is C13H11ClN2O2. The highest BCUT2D eigenvalue weighted by atomic mass is 35.5. The number of hydrogen-bond acceptors (Lipinski definition) is 3. The second-order valence-corrected chi connectivity index (χ2v) is 4.22. The van der Waals surface area contributed by atoms with E-state index < -0.39 is 0 Å². The molecular weight excluding hydrogens is 252 g/mol. The number of carbonyl (C=O) groups excluding carboxylic acids is 1. The molecule has 0 saturated heterocycles. The van der Waals surface area contributed by atoms with Gasteiger partial charge in [-0.2, -0.15) is 0 Å². The highest BCUT2D eigenvalue weighted by Gasteiger charge is 2.11. The van der Waals surface area contributed by atoms with Gasteiger partial charge in [-0.1, -0.05) is 11.6 Å². The van der Waals surface area contributed by atoms with Gasteiger partial charge in [0.25, 0.3) is 5.91 Å². The Kier molecular flexibility index (Phi) is 3.48. The van der Waals surface area contributed by atoms with Crippen molar-refractivity contribution < 1.29 is 9.90 Å². The lowest BCUT2D eigenvalue weighted by atomic mass is 10.2. The van der Waals surface area contributed by atoms with Gasteiger partial charge in [0.1, 0.15) is 5.75 Å². The number of carbonyl (C=O) groups is 1. The van der Waals surface area contributed by atoms with Crippen molar-refractivity contribution in [2.45, 2.75) is 6.92 Å². The van der Waals surface area contributed by atoms with Crippen LogP contribution in [0.4, 0.5) is 5.69 Å². The predicted octanol–water partition coefficient (Wildman–Crippen LogP) is 3.00. The third kappa shape index (κ3) is 2.60. The average molecular weight is 263 g/mol. The molecule has 0 atom stereocenters. The number of amides is 1. The topological polar surface area (TPSA) is 62.2 Å². The summed E-state index contributed by atoms with van der Waals surface area (Å²) in [4.78, 5) is 15.8. The van der Waals surface area contributed by atoms with Gasteiger partial charge >= 0.3 is 0 Å². The minimum absolute atomic E-state index is 0.157. The minimum atomic E-state index is -0.332. The molecule has 2 N–H and O–H groups in total. The van der Waals surface area contributed by atoms with Crippen molar-refractivity contribution in [2.75, 3.05) is 5.32 Å². The molecule has 0 unspecified atom stereocenters. The SMILES string of the molecule is Cc1cc(O)ccc1NC(=O)c1cnccc1Cl. The molecule has 0 radical (unpaired) electrons. The Morgan fingerprint density at radius 1 is 1.39 bits per heavy atom. The van der Waals surface area contributed by atoms with Gasteiger partial charge in [0.2, 0.25) is 0 Å². The van der Waals surface area contributed by atoms with Crippen LogP contribution in [0.1, 0.15) is 15.9 Å². The van der Waals surface area contributed by atoms with E-state index in [4.69, 9.17) is 11.6 Å². The van der Waals surface area contributed by atoms with E-state index in [9.17, 15) is 9.90 Å². The van der Waals surface area contributed by atoms with E-state index in [-0.39, 0.29) is 11.7 Å². The number of aryl methyl sites for hydroxylation is 1. The summed E-state index contributed by atoms with van der Waals surface area (Å²) >= 11 is 5.91. The van der Waals surface area contributed by atoms with Crippen molar-refractivity contribution in [3.8, 4) is 5.75 Å². The van der Waals surface area contributed by atoms with Gasteiger partial charge < -0.3 is 10.4 Å². The number of benzene rings is 1. The fraction of sp³-hybridized carbons (Fsp3) is 0.0769. The number of aromatic nitrogens is 1. The van der Waals surface area contributed by atoms with Crippen LogP contribution in [0, 0.1) is 6.92 Å². The molecule has 0 bridgehead atoms. The number of nitrogens with one attached hydrogen (secondary N) is 1. The summed E-state index contributed by atoms with van der Waals surface area (Å²) < 4.78 is 0. The largest absolute Gasteiger partial charge is 0.508 e. The number of anilines is 1. The lowest BCUT2D eigenvalue weighted by Gasteiger charge is -2.09. The zero-order chi connectivity index (χ0) is 13.1. The highest BCUT2D eigenvalue weighted by molar-refractivity contribution is 6.34. The number of aromatic hydroxyl groups is 1. The van der Waals surface area contributed by atoms with Gasteiger partial charge in [-0.3, -0.25) is 9.78 Å². The molecule has 2 rings (SSSR count). The molecule has 1 heterocycles. The molecule has 0 spiro atoms. The molecule has 4 nitrogen and oxygen atoms in total. The van der Waals surface area contributed by atoms with Crippen molar-refractivity contribution in [2.24, 2.45) is 0 Å². The van der Waals surface area contributed by atoms with E-state index in [0.29, 0.717) is 16.3 Å². The molecule has 1 aromatic heterocycles. The number of pyridine rings is 1. The number of rotatable bonds is 2. The number of hydrogen-bond donors (Lipinski definition) is 2. The average Bonchev–Trinajstić information content (AvgIpc) is 2.33. The second-order valence-electron chi connectivity index (χ2n) is 3.81. The summed E-state index contributed by atoms with van der Waals surface area (Å²) in [6.45, 7) is 1.79. The van der Waals surface area contributed by atoms with Crippen molar-refractivity contribution in [1.82, 2.24) is 4.98 Å². The predicted molar refractivity (Wildman–Crippen MR) is 70.0 cm³/mol. The monoisotopic (exact) mass is 262 g/mol. The molecule has 0 saturated carbocycles. The lowest BCUT2D eigenvalue weighted by Crippen LogP contribution is -2.13. The summed E-state index contributed by atoms with van der Waals surface area (Å²) in [7, 11) is 0. The van der Waals surface area contributed by atoms with Crippen LogP contribution in [-0.2, 0) is 0 Å². The van der Waals surface area contributed by atoms with Crippen LogP contribution in [0.5, 0.6) is 5.75 Å². The van der Waals surface area contributed by atoms with Gasteiger partial charge in [-0.05, 0) is 36.8 Å². The normalized spacial score (nSPS) is 10.1. The number of phenols is 1. The van der Waals surface area contributed by atoms with Crippen molar-refractivity contribution in [1.29, 1.82) is 0 Å². The summed E-state index contributed by atoms with van der Waals surface area (Å²) in [5.41, 5.74) is 1.70. The summed E-state index contributed by atoms with van der Waals surface area (Å²) in [5.74, 6) is -0.174. The van der Waals surface area contributed by atoms with Crippen LogP contribution < -0.4 is 5.32 Å². The lowest BCUT2D eigenvalue weighted by molar-refractivity contribution is 0.102. The maximum absolute atomic E-state index is 12.0. The summed E-state index contributed by atoms with van der Waals surface area (Å²) in [6, 6.07) is 6.26. The quantitative estimate of drug-likeness (QED) is 0.818. The van der Waals surface area contributed by atoms with Gasteiger partial charge in [0.15, 0.2) is 0 Å². The molecule has 0 aliphatic heterocycles. The zero-order valence-electron chi connectivity index (χ0n) is 9.64. The highest BCUT2D eigenvalue weighted by Crippen LogP contribution is 2.22. The van der Waals surface area contributed by atoms with Gasteiger partial charge in [-0.25, -0.2) is 0 Å². The first-order valence-electron chi connectivity index (χ1n) is 5.28. The fourth-order valence-corrected chi connectivity index (χ4v) is 1.71. The summed E-state index contributed by atoms with van der Waals surface area (Å²) in [6.07, 6.45) is 2.93. The van der Waals surface area contributed by atoms with Gasteiger partial charge in [0, 0.05) is 18.1 Å². The molecule has 18 heavy (non-hydrogen) atoms. The number of halogens is 1. The molecule has 0 fully saturated rings. The molecule has 1 amide bonds. The van der Waals surface area contributed by atoms with E-state index in [1.54, 1.807) is 25.1 Å². The van der Waals surface area contributed by atoms with Crippen LogP contribution in [0.3, 0.4) is 0 Å². The Morgan fingerprint density at radius 2 is 2.17 bits per heavy atom.